The van der Waals surface area contributed by atoms with E-state index in [4.69, 9.17) is 4.74 Å². The summed E-state index contributed by atoms with van der Waals surface area (Å²) in [7, 11) is 1.70. The third kappa shape index (κ3) is 3.72. The predicted octanol–water partition coefficient (Wildman–Crippen LogP) is 4.12. The van der Waals surface area contributed by atoms with Crippen LogP contribution >= 0.6 is 11.3 Å². The molecule has 4 rings (SSSR count). The van der Waals surface area contributed by atoms with E-state index in [1.54, 1.807) is 30.8 Å². The second kappa shape index (κ2) is 8.24. The Labute approximate surface area is 168 Å². The Hall–Kier alpha value is -2.51. The lowest BCUT2D eigenvalue weighted by atomic mass is 10.1. The molecule has 1 fully saturated rings. The Bertz CT molecular complexity index is 959. The van der Waals surface area contributed by atoms with Crippen molar-refractivity contribution in [2.75, 3.05) is 25.5 Å². The fourth-order valence-electron chi connectivity index (χ4n) is 3.63. The summed E-state index contributed by atoms with van der Waals surface area (Å²) in [6, 6.07) is 8.22. The summed E-state index contributed by atoms with van der Waals surface area (Å²) in [4.78, 5) is 23.5. The summed E-state index contributed by atoms with van der Waals surface area (Å²) in [6.45, 7) is 3.49. The summed E-state index contributed by atoms with van der Waals surface area (Å²) in [5, 5.41) is 5.53. The van der Waals surface area contributed by atoms with Crippen LogP contribution in [-0.2, 0) is 4.74 Å². The minimum atomic E-state index is -0.0196. The summed E-state index contributed by atoms with van der Waals surface area (Å²) >= 11 is 1.65. The fourth-order valence-corrected chi connectivity index (χ4v) is 4.64. The number of carbonyl (C=O) groups excluding carboxylic acids is 1. The average molecular weight is 397 g/mol. The smallest absolute Gasteiger partial charge is 0.273 e. The molecule has 0 aromatic carbocycles. The maximum absolute atomic E-state index is 13.0. The lowest BCUT2D eigenvalue weighted by molar-refractivity contribution is 0.0721. The molecule has 1 saturated heterocycles. The van der Waals surface area contributed by atoms with Crippen molar-refractivity contribution in [3.05, 3.63) is 54.1 Å². The minimum Gasteiger partial charge on any atom is -0.380 e. The van der Waals surface area contributed by atoms with Crippen LogP contribution in [0.4, 0.5) is 5.00 Å². The van der Waals surface area contributed by atoms with Crippen molar-refractivity contribution in [1.29, 1.82) is 0 Å². The van der Waals surface area contributed by atoms with Crippen molar-refractivity contribution >= 4 is 32.3 Å². The van der Waals surface area contributed by atoms with Crippen LogP contribution in [0.5, 0.6) is 0 Å². The number of amides is 1. The van der Waals surface area contributed by atoms with Crippen LogP contribution in [0.15, 0.2) is 42.9 Å². The Morgan fingerprint density at radius 1 is 1.43 bits per heavy atom. The Kier molecular flexibility index (Phi) is 5.54. The summed E-state index contributed by atoms with van der Waals surface area (Å²) in [5.41, 5.74) is 1.67. The van der Waals surface area contributed by atoms with Crippen molar-refractivity contribution in [2.24, 2.45) is 0 Å². The molecule has 3 aromatic heterocycles. The third-order valence-corrected chi connectivity index (χ3v) is 6.26. The summed E-state index contributed by atoms with van der Waals surface area (Å²) in [5.74, 6) is -0.0196. The highest BCUT2D eigenvalue weighted by atomic mass is 32.1. The van der Waals surface area contributed by atoms with Gasteiger partial charge in [-0.05, 0) is 36.6 Å². The first-order valence-electron chi connectivity index (χ1n) is 9.56. The van der Waals surface area contributed by atoms with Crippen LogP contribution in [0, 0.1) is 0 Å². The molecule has 1 aliphatic rings. The van der Waals surface area contributed by atoms with Gasteiger partial charge >= 0.3 is 0 Å². The van der Waals surface area contributed by atoms with Gasteiger partial charge in [0.1, 0.15) is 5.69 Å². The average Bonchev–Trinajstić information content (AvgIpc) is 3.38. The molecular weight excluding hydrogens is 372 g/mol. The molecule has 1 N–H and O–H groups in total. The molecular formula is C21H24N4O2S. The van der Waals surface area contributed by atoms with E-state index in [9.17, 15) is 4.79 Å². The van der Waals surface area contributed by atoms with Gasteiger partial charge in [0, 0.05) is 48.9 Å². The first-order chi connectivity index (χ1) is 13.7. The zero-order valence-corrected chi connectivity index (χ0v) is 16.9. The van der Waals surface area contributed by atoms with Crippen LogP contribution < -0.4 is 5.32 Å². The first-order valence-corrected chi connectivity index (χ1v) is 10.4. The normalized spacial score (nSPS) is 17.8. The Morgan fingerprint density at radius 2 is 2.32 bits per heavy atom. The molecule has 3 aromatic rings. The monoisotopic (exact) mass is 396 g/mol. The molecule has 7 heteroatoms. The SMILES string of the molecule is CCC(Nc1cc2c(C(=O)N3CC[C@@H](OC)C3)nccc2s1)c1cccnc1. The molecule has 0 bridgehead atoms. The molecule has 146 valence electrons. The lowest BCUT2D eigenvalue weighted by Crippen LogP contribution is -2.30. The van der Waals surface area contributed by atoms with Crippen molar-refractivity contribution in [3.63, 3.8) is 0 Å². The Morgan fingerprint density at radius 3 is 3.04 bits per heavy atom. The molecule has 0 radical (unpaired) electrons. The molecule has 0 saturated carbocycles. The topological polar surface area (TPSA) is 67.4 Å². The van der Waals surface area contributed by atoms with Gasteiger partial charge in [0.25, 0.3) is 5.91 Å². The quantitative estimate of drug-likeness (QED) is 0.679. The minimum absolute atomic E-state index is 0.0196. The summed E-state index contributed by atoms with van der Waals surface area (Å²) < 4.78 is 6.45. The predicted molar refractivity (Wildman–Crippen MR) is 112 cm³/mol. The molecule has 1 aliphatic heterocycles. The maximum Gasteiger partial charge on any atom is 0.273 e. The van der Waals surface area contributed by atoms with Crippen LogP contribution in [0.2, 0.25) is 0 Å². The zero-order valence-electron chi connectivity index (χ0n) is 16.1. The van der Waals surface area contributed by atoms with Crippen molar-refractivity contribution in [3.8, 4) is 0 Å². The number of rotatable bonds is 6. The second-order valence-electron chi connectivity index (χ2n) is 6.97. The highest BCUT2D eigenvalue weighted by Crippen LogP contribution is 2.34. The van der Waals surface area contributed by atoms with Gasteiger partial charge in [-0.15, -0.1) is 11.3 Å². The lowest BCUT2D eigenvalue weighted by Gasteiger charge is -2.17. The molecule has 1 amide bonds. The molecule has 1 unspecified atom stereocenters. The van der Waals surface area contributed by atoms with E-state index < -0.39 is 0 Å². The van der Waals surface area contributed by atoms with E-state index in [1.807, 2.05) is 29.3 Å². The van der Waals surface area contributed by atoms with E-state index in [0.717, 1.165) is 33.5 Å². The van der Waals surface area contributed by atoms with E-state index in [1.165, 1.54) is 0 Å². The highest BCUT2D eigenvalue weighted by molar-refractivity contribution is 7.22. The maximum atomic E-state index is 13.0. The number of thiophene rings is 1. The van der Waals surface area contributed by atoms with Crippen LogP contribution in [0.3, 0.4) is 0 Å². The van der Waals surface area contributed by atoms with Gasteiger partial charge in [0.15, 0.2) is 0 Å². The number of likely N-dealkylation sites (tertiary alicyclic amines) is 1. The number of aromatic nitrogens is 2. The number of hydrogen-bond acceptors (Lipinski definition) is 6. The van der Waals surface area contributed by atoms with Gasteiger partial charge in [-0.3, -0.25) is 14.8 Å². The van der Waals surface area contributed by atoms with Gasteiger partial charge < -0.3 is 15.0 Å². The number of anilines is 1. The van der Waals surface area contributed by atoms with E-state index in [-0.39, 0.29) is 18.1 Å². The van der Waals surface area contributed by atoms with Crippen LogP contribution in [0.1, 0.15) is 41.9 Å². The molecule has 2 atom stereocenters. The van der Waals surface area contributed by atoms with Crippen molar-refractivity contribution in [2.45, 2.75) is 31.9 Å². The largest absolute Gasteiger partial charge is 0.380 e. The number of methoxy groups -OCH3 is 1. The van der Waals surface area contributed by atoms with Crippen LogP contribution in [0.25, 0.3) is 10.1 Å². The molecule has 0 aliphatic carbocycles. The Balaban J connectivity index is 1.59. The second-order valence-corrected chi connectivity index (χ2v) is 8.05. The van der Waals surface area contributed by atoms with Crippen LogP contribution in [-0.4, -0.2) is 47.1 Å². The standard InChI is InChI=1S/C21H24N4O2S/c1-3-17(14-5-4-8-22-12-14)24-19-11-16-18(28-19)6-9-23-20(16)21(26)25-10-7-15(13-25)27-2/h4-6,8-9,11-12,15,17,24H,3,7,10,13H2,1-2H3/t15-,17?/m1/s1. The number of hydrogen-bond donors (Lipinski definition) is 1. The zero-order chi connectivity index (χ0) is 19.5. The van der Waals surface area contributed by atoms with E-state index >= 15 is 0 Å². The van der Waals surface area contributed by atoms with Gasteiger partial charge in [-0.1, -0.05) is 13.0 Å². The number of carbonyl (C=O) groups is 1. The summed E-state index contributed by atoms with van der Waals surface area (Å²) in [6.07, 6.45) is 7.33. The van der Waals surface area contributed by atoms with Gasteiger partial charge in [0.05, 0.1) is 17.1 Å². The number of nitrogens with one attached hydrogen (secondary N) is 1. The number of nitrogens with zero attached hydrogens (tertiary/aromatic N) is 3. The van der Waals surface area contributed by atoms with Gasteiger partial charge in [-0.25, -0.2) is 0 Å². The molecule has 0 spiro atoms. The fraction of sp³-hybridized carbons (Fsp3) is 0.381. The number of pyridine rings is 2. The van der Waals surface area contributed by atoms with E-state index in [2.05, 4.69) is 28.3 Å². The van der Waals surface area contributed by atoms with Crippen molar-refractivity contribution in [1.82, 2.24) is 14.9 Å². The highest BCUT2D eigenvalue weighted by Gasteiger charge is 2.28. The molecule has 28 heavy (non-hydrogen) atoms. The molecule has 6 nitrogen and oxygen atoms in total. The number of ether oxygens (including phenoxy) is 1. The molecule has 4 heterocycles. The van der Waals surface area contributed by atoms with Gasteiger partial charge in [0.2, 0.25) is 0 Å². The first kappa shape index (κ1) is 18.8. The van der Waals surface area contributed by atoms with Gasteiger partial charge in [-0.2, -0.15) is 0 Å². The van der Waals surface area contributed by atoms with Crippen molar-refractivity contribution < 1.29 is 9.53 Å². The van der Waals surface area contributed by atoms with E-state index in [0.29, 0.717) is 18.8 Å². The number of fused-ring (bicyclic) bond motifs is 1. The third-order valence-electron chi connectivity index (χ3n) is 5.23.